The van der Waals surface area contributed by atoms with Crippen molar-refractivity contribution in [3.8, 4) is 0 Å². The average molecular weight is 589 g/mol. The molecule has 0 aromatic rings. The van der Waals surface area contributed by atoms with E-state index in [1.54, 1.807) is 6.92 Å². The highest BCUT2D eigenvalue weighted by molar-refractivity contribution is 4.96. The fourth-order valence-electron chi connectivity index (χ4n) is 4.90. The van der Waals surface area contributed by atoms with Crippen LogP contribution in [0.2, 0.25) is 0 Å². The van der Waals surface area contributed by atoms with Gasteiger partial charge in [0.1, 0.15) is 54.4 Å². The van der Waals surface area contributed by atoms with Crippen molar-refractivity contribution in [2.24, 2.45) is 5.92 Å². The van der Waals surface area contributed by atoms with Crippen molar-refractivity contribution in [2.45, 2.75) is 119 Å². The van der Waals surface area contributed by atoms with Gasteiger partial charge < -0.3 is 79.5 Å². The van der Waals surface area contributed by atoms with Crippen molar-refractivity contribution in [3.63, 3.8) is 0 Å². The van der Waals surface area contributed by atoms with Crippen LogP contribution in [-0.4, -0.2) is 169 Å². The molecule has 0 spiro atoms. The van der Waals surface area contributed by atoms with Crippen LogP contribution < -0.4 is 0 Å². The van der Waals surface area contributed by atoms with Gasteiger partial charge >= 0.3 is 0 Å². The fourth-order valence-corrected chi connectivity index (χ4v) is 4.90. The molecule has 3 aliphatic heterocycles. The summed E-state index contributed by atoms with van der Waals surface area (Å²) in [5.74, 6) is -0.821. The monoisotopic (exact) mass is 588 g/mol. The number of aliphatic hydroxyl groups excluding tert-OH is 9. The summed E-state index contributed by atoms with van der Waals surface area (Å²) in [6.45, 7) is 2.21. The summed E-state index contributed by atoms with van der Waals surface area (Å²) in [4.78, 5) is 0. The van der Waals surface area contributed by atoms with Gasteiger partial charge in [-0.2, -0.15) is 0 Å². The number of aliphatic hydroxyl groups is 10. The smallest absolute Gasteiger partial charge is 0.187 e. The van der Waals surface area contributed by atoms with Gasteiger partial charge in [-0.05, 0) is 13.3 Å². The van der Waals surface area contributed by atoms with Gasteiger partial charge in [-0.3, -0.25) is 0 Å². The number of hydrogen-bond acceptors (Lipinski definition) is 16. The maximum absolute atomic E-state index is 11.0. The van der Waals surface area contributed by atoms with Gasteiger partial charge in [0.2, 0.25) is 0 Å². The molecule has 10 N–H and O–H groups in total. The molecule has 3 aliphatic rings. The highest BCUT2D eigenvalue weighted by Crippen LogP contribution is 2.32. The maximum atomic E-state index is 11.0. The lowest BCUT2D eigenvalue weighted by molar-refractivity contribution is -0.341. The summed E-state index contributed by atoms with van der Waals surface area (Å²) < 4.78 is 33.7. The van der Waals surface area contributed by atoms with Gasteiger partial charge in [0, 0.05) is 5.92 Å². The normalized spacial score (nSPS) is 45.7. The lowest BCUT2D eigenvalue weighted by Crippen LogP contribution is -2.60. The van der Waals surface area contributed by atoms with Gasteiger partial charge in [0.05, 0.1) is 44.7 Å². The van der Waals surface area contributed by atoms with Gasteiger partial charge in [-0.15, -0.1) is 0 Å². The highest BCUT2D eigenvalue weighted by atomic mass is 16.7. The Morgan fingerprint density at radius 2 is 1.60 bits per heavy atom. The minimum absolute atomic E-state index is 0.138. The number of rotatable bonds is 12. The molecule has 16 unspecified atom stereocenters. The van der Waals surface area contributed by atoms with E-state index in [0.717, 1.165) is 0 Å². The summed E-state index contributed by atoms with van der Waals surface area (Å²) in [7, 11) is 0. The molecule has 0 aromatic heterocycles. The molecule has 0 aromatic carbocycles. The molecule has 3 fully saturated rings. The topological polar surface area (TPSA) is 258 Å². The van der Waals surface area contributed by atoms with Crippen molar-refractivity contribution in [2.75, 3.05) is 26.4 Å². The van der Waals surface area contributed by atoms with E-state index in [0.29, 0.717) is 0 Å². The van der Waals surface area contributed by atoms with Crippen molar-refractivity contribution in [1.82, 2.24) is 0 Å². The standard InChI is InChI=1S/C24H44O16/c1-4-12(19(15(30)10(3)27)40-21-9(2)14(29)16(31)13(5-25)38-21)37-22-17(32)18(11(28)6-35-22)39-23-20(33)24(34,7-26)8-36-23/h9-23,25-34H,4-8H2,1-3H3. The first kappa shape index (κ1) is 33.9. The highest BCUT2D eigenvalue weighted by Gasteiger charge is 2.52. The zero-order valence-electron chi connectivity index (χ0n) is 22.6. The molecule has 16 heteroatoms. The van der Waals surface area contributed by atoms with Crippen LogP contribution in [0, 0.1) is 5.92 Å². The van der Waals surface area contributed by atoms with Crippen LogP contribution in [0.5, 0.6) is 0 Å². The fraction of sp³-hybridized carbons (Fsp3) is 1.00. The largest absolute Gasteiger partial charge is 0.394 e. The summed E-state index contributed by atoms with van der Waals surface area (Å²) in [6, 6.07) is 0. The van der Waals surface area contributed by atoms with Crippen LogP contribution in [0.15, 0.2) is 0 Å². The zero-order chi connectivity index (χ0) is 29.9. The van der Waals surface area contributed by atoms with E-state index >= 15 is 0 Å². The second kappa shape index (κ2) is 14.2. The Morgan fingerprint density at radius 3 is 2.15 bits per heavy atom. The van der Waals surface area contributed by atoms with Crippen LogP contribution in [0.4, 0.5) is 0 Å². The third-order valence-electron chi connectivity index (χ3n) is 7.68. The first-order valence-corrected chi connectivity index (χ1v) is 13.3. The van der Waals surface area contributed by atoms with Crippen LogP contribution >= 0.6 is 0 Å². The molecule has 16 nitrogen and oxygen atoms in total. The number of hydrogen-bond donors (Lipinski definition) is 10. The third kappa shape index (κ3) is 7.11. The van der Waals surface area contributed by atoms with Crippen LogP contribution in [0.3, 0.4) is 0 Å². The SMILES string of the molecule is CCC(OC1OCC(O)C(OC2OCC(O)(CO)C2O)C1O)C(OC1OC(CO)C(O)C(O)C1C)C(O)C(C)O. The van der Waals surface area contributed by atoms with E-state index in [9.17, 15) is 51.1 Å². The summed E-state index contributed by atoms with van der Waals surface area (Å²) in [6.07, 6.45) is -19.5. The molecule has 16 atom stereocenters. The Balaban J connectivity index is 1.75. The van der Waals surface area contributed by atoms with Crippen molar-refractivity contribution < 1.29 is 79.5 Å². The molecule has 3 heterocycles. The summed E-state index contributed by atoms with van der Waals surface area (Å²) >= 11 is 0. The number of ether oxygens (including phenoxy) is 6. The first-order chi connectivity index (χ1) is 18.8. The lowest BCUT2D eigenvalue weighted by atomic mass is 9.92. The van der Waals surface area contributed by atoms with Gasteiger partial charge in [0.15, 0.2) is 18.9 Å². The van der Waals surface area contributed by atoms with Crippen molar-refractivity contribution in [1.29, 1.82) is 0 Å². The predicted molar refractivity (Wildman–Crippen MR) is 129 cm³/mol. The molecule has 0 amide bonds. The minimum atomic E-state index is -1.99. The molecule has 40 heavy (non-hydrogen) atoms. The summed E-state index contributed by atoms with van der Waals surface area (Å²) in [5, 5.41) is 102. The molecule has 0 saturated carbocycles. The van der Waals surface area contributed by atoms with E-state index in [1.807, 2.05) is 0 Å². The molecule has 0 aliphatic carbocycles. The molecule has 3 rings (SSSR count). The van der Waals surface area contributed by atoms with Crippen LogP contribution in [0.1, 0.15) is 27.2 Å². The molecular formula is C24H44O16. The second-order valence-corrected chi connectivity index (χ2v) is 10.7. The molecule has 3 saturated heterocycles. The van der Waals surface area contributed by atoms with E-state index in [1.165, 1.54) is 13.8 Å². The van der Waals surface area contributed by atoms with Gasteiger partial charge in [-0.25, -0.2) is 0 Å². The van der Waals surface area contributed by atoms with Crippen molar-refractivity contribution >= 4 is 0 Å². The first-order valence-electron chi connectivity index (χ1n) is 13.3. The van der Waals surface area contributed by atoms with Crippen LogP contribution in [-0.2, 0) is 28.4 Å². The summed E-state index contributed by atoms with van der Waals surface area (Å²) in [5.41, 5.74) is -1.99. The molecule has 0 radical (unpaired) electrons. The second-order valence-electron chi connectivity index (χ2n) is 10.7. The van der Waals surface area contributed by atoms with Crippen molar-refractivity contribution in [3.05, 3.63) is 0 Å². The average Bonchev–Trinajstić information content (AvgIpc) is 3.22. The molecular weight excluding hydrogens is 544 g/mol. The maximum Gasteiger partial charge on any atom is 0.187 e. The molecule has 0 bridgehead atoms. The van der Waals surface area contributed by atoms with E-state index in [-0.39, 0.29) is 13.0 Å². The Kier molecular flexibility index (Phi) is 12.0. The minimum Gasteiger partial charge on any atom is -0.394 e. The Morgan fingerprint density at radius 1 is 0.925 bits per heavy atom. The van der Waals surface area contributed by atoms with Gasteiger partial charge in [0.25, 0.3) is 0 Å². The Labute approximate surface area is 231 Å². The Hall–Kier alpha value is -0.640. The quantitative estimate of drug-likeness (QED) is 0.102. The van der Waals surface area contributed by atoms with E-state index in [2.05, 4.69) is 0 Å². The Bertz CT molecular complexity index is 773. The van der Waals surface area contributed by atoms with Gasteiger partial charge in [-0.1, -0.05) is 13.8 Å². The third-order valence-corrected chi connectivity index (χ3v) is 7.68. The predicted octanol–water partition coefficient (Wildman–Crippen LogP) is -5.11. The lowest BCUT2D eigenvalue weighted by Gasteiger charge is -2.45. The van der Waals surface area contributed by atoms with E-state index in [4.69, 9.17) is 28.4 Å². The van der Waals surface area contributed by atoms with E-state index < -0.39 is 117 Å². The molecule has 236 valence electrons. The van der Waals surface area contributed by atoms with Crippen LogP contribution in [0.25, 0.3) is 0 Å². The zero-order valence-corrected chi connectivity index (χ0v) is 22.6.